The molecule has 0 saturated heterocycles. The molecule has 0 aliphatic carbocycles. The Kier molecular flexibility index (Phi) is 5.25. The number of rotatable bonds is 5. The van der Waals surface area contributed by atoms with Crippen molar-refractivity contribution < 1.29 is 0 Å². The first-order valence-electron chi connectivity index (χ1n) is 7.10. The van der Waals surface area contributed by atoms with E-state index < -0.39 is 0 Å². The molecule has 0 amide bonds. The van der Waals surface area contributed by atoms with Crippen LogP contribution in [0.25, 0.3) is 0 Å². The summed E-state index contributed by atoms with van der Waals surface area (Å²) in [5.74, 6) is 0. The summed E-state index contributed by atoms with van der Waals surface area (Å²) in [7, 11) is 0. The van der Waals surface area contributed by atoms with Gasteiger partial charge in [0.15, 0.2) is 0 Å². The summed E-state index contributed by atoms with van der Waals surface area (Å²) in [5.41, 5.74) is 3.84. The van der Waals surface area contributed by atoms with Crippen molar-refractivity contribution in [3.8, 4) is 0 Å². The minimum Gasteiger partial charge on any atom is -0.306 e. The first-order valence-corrected chi connectivity index (χ1v) is 8.29. The zero-order valence-corrected chi connectivity index (χ0v) is 14.2. The third-order valence-electron chi connectivity index (χ3n) is 3.61. The Hall–Kier alpha value is -0.830. The van der Waals surface area contributed by atoms with Gasteiger partial charge in [-0.1, -0.05) is 30.7 Å². The first kappa shape index (κ1) is 15.6. The summed E-state index contributed by atoms with van der Waals surface area (Å²) in [6, 6.07) is 8.72. The summed E-state index contributed by atoms with van der Waals surface area (Å²) < 4.78 is 0. The maximum absolute atomic E-state index is 6.30. The maximum Gasteiger partial charge on any atom is 0.0590 e. The Morgan fingerprint density at radius 3 is 2.55 bits per heavy atom. The molecule has 0 aliphatic rings. The fourth-order valence-corrected chi connectivity index (χ4v) is 3.70. The van der Waals surface area contributed by atoms with Crippen LogP contribution in [0.2, 0.25) is 5.02 Å². The molecular weight excluding hydrogens is 286 g/mol. The van der Waals surface area contributed by atoms with E-state index >= 15 is 0 Å². The van der Waals surface area contributed by atoms with Crippen LogP contribution in [-0.4, -0.2) is 6.54 Å². The lowest BCUT2D eigenvalue weighted by Gasteiger charge is -2.22. The van der Waals surface area contributed by atoms with Crippen LogP contribution in [-0.2, 0) is 0 Å². The second-order valence-electron chi connectivity index (χ2n) is 5.21. The van der Waals surface area contributed by atoms with Gasteiger partial charge in [-0.15, -0.1) is 11.3 Å². The molecule has 1 nitrogen and oxygen atoms in total. The Morgan fingerprint density at radius 2 is 1.95 bits per heavy atom. The SMILES string of the molecule is CCCNC(c1cc(C)sc1C)c1cccc(Cl)c1C. The highest BCUT2D eigenvalue weighted by atomic mass is 35.5. The van der Waals surface area contributed by atoms with Crippen molar-refractivity contribution >= 4 is 22.9 Å². The van der Waals surface area contributed by atoms with E-state index in [0.29, 0.717) is 0 Å². The average molecular weight is 308 g/mol. The Bertz CT molecular complexity index is 589. The van der Waals surface area contributed by atoms with E-state index in [1.807, 2.05) is 23.5 Å². The molecule has 0 bridgehead atoms. The van der Waals surface area contributed by atoms with Crippen LogP contribution in [0.3, 0.4) is 0 Å². The molecule has 108 valence electrons. The van der Waals surface area contributed by atoms with Gasteiger partial charge in [0.25, 0.3) is 0 Å². The molecule has 0 aliphatic heterocycles. The van der Waals surface area contributed by atoms with E-state index in [9.17, 15) is 0 Å². The third kappa shape index (κ3) is 3.25. The topological polar surface area (TPSA) is 12.0 Å². The van der Waals surface area contributed by atoms with Gasteiger partial charge in [-0.25, -0.2) is 0 Å². The monoisotopic (exact) mass is 307 g/mol. The number of benzene rings is 1. The summed E-state index contributed by atoms with van der Waals surface area (Å²) in [4.78, 5) is 2.75. The molecule has 0 radical (unpaired) electrons. The van der Waals surface area contributed by atoms with Crippen molar-refractivity contribution in [3.05, 3.63) is 55.7 Å². The van der Waals surface area contributed by atoms with Crippen molar-refractivity contribution in [1.29, 1.82) is 0 Å². The largest absolute Gasteiger partial charge is 0.306 e. The van der Waals surface area contributed by atoms with Crippen LogP contribution in [0.1, 0.15) is 45.8 Å². The summed E-state index contributed by atoms with van der Waals surface area (Å²) >= 11 is 8.16. The molecule has 1 heterocycles. The third-order valence-corrected chi connectivity index (χ3v) is 5.00. The quantitative estimate of drug-likeness (QED) is 0.778. The zero-order valence-electron chi connectivity index (χ0n) is 12.6. The predicted molar refractivity (Wildman–Crippen MR) is 90.1 cm³/mol. The first-order chi connectivity index (χ1) is 9.54. The molecule has 0 saturated carbocycles. The van der Waals surface area contributed by atoms with Crippen LogP contribution >= 0.6 is 22.9 Å². The van der Waals surface area contributed by atoms with Gasteiger partial charge in [0.05, 0.1) is 6.04 Å². The molecule has 2 aromatic rings. The van der Waals surface area contributed by atoms with Crippen molar-refractivity contribution in [2.75, 3.05) is 6.54 Å². The smallest absolute Gasteiger partial charge is 0.0590 e. The molecule has 2 rings (SSSR count). The molecule has 0 spiro atoms. The van der Waals surface area contributed by atoms with E-state index in [0.717, 1.165) is 18.0 Å². The standard InChI is InChI=1S/C17H22ClNS/c1-5-9-19-17(15-10-11(2)20-13(15)4)14-7-6-8-16(18)12(14)3/h6-8,10,17,19H,5,9H2,1-4H3. The summed E-state index contributed by atoms with van der Waals surface area (Å²) in [6.45, 7) is 9.68. The van der Waals surface area contributed by atoms with Crippen LogP contribution in [0, 0.1) is 20.8 Å². The van der Waals surface area contributed by atoms with Gasteiger partial charge < -0.3 is 5.32 Å². The molecule has 20 heavy (non-hydrogen) atoms. The Morgan fingerprint density at radius 1 is 1.20 bits per heavy atom. The van der Waals surface area contributed by atoms with E-state index in [1.165, 1.54) is 26.4 Å². The highest BCUT2D eigenvalue weighted by Gasteiger charge is 2.19. The lowest BCUT2D eigenvalue weighted by Crippen LogP contribution is -2.24. The van der Waals surface area contributed by atoms with Gasteiger partial charge in [-0.05, 0) is 62.6 Å². The fourth-order valence-electron chi connectivity index (χ4n) is 2.55. The van der Waals surface area contributed by atoms with Crippen LogP contribution in [0.5, 0.6) is 0 Å². The molecule has 0 fully saturated rings. The lowest BCUT2D eigenvalue weighted by atomic mass is 9.95. The predicted octanol–water partition coefficient (Wildman–Crippen LogP) is 5.42. The van der Waals surface area contributed by atoms with Gasteiger partial charge in [0.1, 0.15) is 0 Å². The molecule has 1 aromatic carbocycles. The average Bonchev–Trinajstić information content (AvgIpc) is 2.74. The van der Waals surface area contributed by atoms with E-state index in [-0.39, 0.29) is 6.04 Å². The molecule has 1 unspecified atom stereocenters. The van der Waals surface area contributed by atoms with E-state index in [1.54, 1.807) is 0 Å². The normalized spacial score (nSPS) is 12.7. The van der Waals surface area contributed by atoms with Crippen LogP contribution in [0.15, 0.2) is 24.3 Å². The second kappa shape index (κ2) is 6.75. The minimum atomic E-state index is 0.235. The maximum atomic E-state index is 6.30. The Labute approximate surface area is 131 Å². The zero-order chi connectivity index (χ0) is 14.7. The molecular formula is C17H22ClNS. The number of hydrogen-bond donors (Lipinski definition) is 1. The molecule has 1 atom stereocenters. The van der Waals surface area contributed by atoms with Crippen molar-refractivity contribution in [1.82, 2.24) is 5.32 Å². The molecule has 3 heteroatoms. The minimum absolute atomic E-state index is 0.235. The van der Waals surface area contributed by atoms with Crippen LogP contribution < -0.4 is 5.32 Å². The van der Waals surface area contributed by atoms with Gasteiger partial charge in [0, 0.05) is 14.8 Å². The summed E-state index contributed by atoms with van der Waals surface area (Å²) in [5, 5.41) is 4.52. The van der Waals surface area contributed by atoms with Gasteiger partial charge >= 0.3 is 0 Å². The summed E-state index contributed by atoms with van der Waals surface area (Å²) in [6.07, 6.45) is 1.12. The van der Waals surface area contributed by atoms with E-state index in [4.69, 9.17) is 11.6 Å². The highest BCUT2D eigenvalue weighted by molar-refractivity contribution is 7.12. The van der Waals surface area contributed by atoms with Crippen LogP contribution in [0.4, 0.5) is 0 Å². The number of nitrogens with one attached hydrogen (secondary N) is 1. The van der Waals surface area contributed by atoms with Crippen molar-refractivity contribution in [2.45, 2.75) is 40.2 Å². The van der Waals surface area contributed by atoms with E-state index in [2.05, 4.69) is 45.1 Å². The molecule has 1 aromatic heterocycles. The second-order valence-corrected chi connectivity index (χ2v) is 7.08. The fraction of sp³-hybridized carbons (Fsp3) is 0.412. The number of aryl methyl sites for hydroxylation is 2. The number of halogens is 1. The number of thiophene rings is 1. The van der Waals surface area contributed by atoms with Gasteiger partial charge in [-0.2, -0.15) is 0 Å². The lowest BCUT2D eigenvalue weighted by molar-refractivity contribution is 0.595. The van der Waals surface area contributed by atoms with Crippen molar-refractivity contribution in [3.63, 3.8) is 0 Å². The number of hydrogen-bond acceptors (Lipinski definition) is 2. The van der Waals surface area contributed by atoms with Gasteiger partial charge in [0.2, 0.25) is 0 Å². The highest BCUT2D eigenvalue weighted by Crippen LogP contribution is 2.33. The Balaban J connectivity index is 2.47. The van der Waals surface area contributed by atoms with Gasteiger partial charge in [-0.3, -0.25) is 0 Å². The molecule has 1 N–H and O–H groups in total. The van der Waals surface area contributed by atoms with Crippen molar-refractivity contribution in [2.24, 2.45) is 0 Å².